The van der Waals surface area contributed by atoms with Crippen LogP contribution in [0.3, 0.4) is 0 Å². The number of para-hydroxylation sites is 1. The maximum absolute atomic E-state index is 11.3. The van der Waals surface area contributed by atoms with E-state index in [0.29, 0.717) is 10.7 Å². The maximum Gasteiger partial charge on any atom is 0.337 e. The Kier molecular flexibility index (Phi) is 4.30. The number of halogens is 1. The van der Waals surface area contributed by atoms with Gasteiger partial charge in [0, 0.05) is 5.02 Å². The first-order valence-electron chi connectivity index (χ1n) is 6.34. The molecule has 4 heteroatoms. The summed E-state index contributed by atoms with van der Waals surface area (Å²) in [6.07, 6.45) is 0. The molecule has 20 heavy (non-hydrogen) atoms. The van der Waals surface area contributed by atoms with Crippen molar-refractivity contribution in [2.45, 2.75) is 19.9 Å². The van der Waals surface area contributed by atoms with Gasteiger partial charge in [-0.15, -0.1) is 0 Å². The largest absolute Gasteiger partial charge is 0.478 e. The fourth-order valence-corrected chi connectivity index (χ4v) is 2.46. The number of benzene rings is 2. The van der Waals surface area contributed by atoms with E-state index in [1.807, 2.05) is 44.2 Å². The number of anilines is 1. The monoisotopic (exact) mass is 289 g/mol. The fourth-order valence-electron chi connectivity index (χ4n) is 2.16. The van der Waals surface area contributed by atoms with Gasteiger partial charge in [0.05, 0.1) is 17.3 Å². The average Bonchev–Trinajstić information content (AvgIpc) is 2.41. The van der Waals surface area contributed by atoms with E-state index in [0.717, 1.165) is 11.1 Å². The predicted octanol–water partition coefficient (Wildman–Crippen LogP) is 4.52. The minimum atomic E-state index is -0.942. The second-order valence-corrected chi connectivity index (χ2v) is 5.10. The summed E-state index contributed by atoms with van der Waals surface area (Å²) in [5.41, 5.74) is 2.73. The molecule has 0 amide bonds. The molecule has 0 bridgehead atoms. The third kappa shape index (κ3) is 2.94. The summed E-state index contributed by atoms with van der Waals surface area (Å²) in [5, 5.41) is 13.2. The van der Waals surface area contributed by atoms with Crippen LogP contribution in [0.2, 0.25) is 5.02 Å². The lowest BCUT2D eigenvalue weighted by atomic mass is 10.0. The first-order chi connectivity index (χ1) is 9.50. The van der Waals surface area contributed by atoms with Gasteiger partial charge in [-0.1, -0.05) is 41.9 Å². The van der Waals surface area contributed by atoms with E-state index in [9.17, 15) is 9.90 Å². The highest BCUT2D eigenvalue weighted by Crippen LogP contribution is 2.29. The molecular weight excluding hydrogens is 274 g/mol. The van der Waals surface area contributed by atoms with Crippen molar-refractivity contribution in [3.63, 3.8) is 0 Å². The van der Waals surface area contributed by atoms with Gasteiger partial charge in [-0.25, -0.2) is 4.79 Å². The second kappa shape index (κ2) is 5.97. The van der Waals surface area contributed by atoms with Crippen LogP contribution in [-0.2, 0) is 0 Å². The van der Waals surface area contributed by atoms with Crippen molar-refractivity contribution in [2.75, 3.05) is 5.32 Å². The first kappa shape index (κ1) is 14.4. The summed E-state index contributed by atoms with van der Waals surface area (Å²) < 4.78 is 0. The number of hydrogen-bond acceptors (Lipinski definition) is 2. The van der Waals surface area contributed by atoms with E-state index >= 15 is 0 Å². The van der Waals surface area contributed by atoms with Crippen LogP contribution in [0.1, 0.15) is 34.5 Å². The lowest BCUT2D eigenvalue weighted by Gasteiger charge is -2.20. The maximum atomic E-state index is 11.3. The smallest absolute Gasteiger partial charge is 0.337 e. The Morgan fingerprint density at radius 3 is 2.55 bits per heavy atom. The molecule has 1 unspecified atom stereocenters. The van der Waals surface area contributed by atoms with Gasteiger partial charge >= 0.3 is 5.97 Å². The van der Waals surface area contributed by atoms with Gasteiger partial charge in [0.2, 0.25) is 0 Å². The Labute approximate surface area is 123 Å². The normalized spacial score (nSPS) is 11.9. The van der Waals surface area contributed by atoms with Gasteiger partial charge in [0.15, 0.2) is 0 Å². The highest BCUT2D eigenvalue weighted by atomic mass is 35.5. The van der Waals surface area contributed by atoms with Crippen LogP contribution >= 0.6 is 11.6 Å². The minimum Gasteiger partial charge on any atom is -0.478 e. The van der Waals surface area contributed by atoms with Crippen LogP contribution < -0.4 is 5.32 Å². The van der Waals surface area contributed by atoms with Crippen molar-refractivity contribution in [1.82, 2.24) is 0 Å². The Morgan fingerprint density at radius 1 is 1.20 bits per heavy atom. The van der Waals surface area contributed by atoms with Gasteiger partial charge in [-0.2, -0.15) is 0 Å². The summed E-state index contributed by atoms with van der Waals surface area (Å²) in [6.45, 7) is 3.84. The topological polar surface area (TPSA) is 49.3 Å². The predicted molar refractivity (Wildman–Crippen MR) is 81.6 cm³/mol. The molecule has 0 fully saturated rings. The van der Waals surface area contributed by atoms with Gasteiger partial charge in [0.1, 0.15) is 0 Å². The molecule has 1 atom stereocenters. The molecule has 0 radical (unpaired) electrons. The zero-order chi connectivity index (χ0) is 14.7. The molecule has 2 aromatic carbocycles. The van der Waals surface area contributed by atoms with Crippen LogP contribution in [0.25, 0.3) is 0 Å². The highest BCUT2D eigenvalue weighted by Gasteiger charge is 2.15. The standard InChI is InChI=1S/C16H16ClNO2/c1-10-6-5-8-13(16(19)20)15(10)18-11(2)12-7-3-4-9-14(12)17/h3-9,11,18H,1-2H3,(H,19,20). The number of nitrogens with one attached hydrogen (secondary N) is 1. The summed E-state index contributed by atoms with van der Waals surface area (Å²) in [6, 6.07) is 12.7. The summed E-state index contributed by atoms with van der Waals surface area (Å²) in [7, 11) is 0. The molecule has 2 N–H and O–H groups in total. The lowest BCUT2D eigenvalue weighted by molar-refractivity contribution is 0.0698. The van der Waals surface area contributed by atoms with Crippen molar-refractivity contribution in [3.8, 4) is 0 Å². The van der Waals surface area contributed by atoms with E-state index in [2.05, 4.69) is 5.32 Å². The van der Waals surface area contributed by atoms with E-state index in [4.69, 9.17) is 11.6 Å². The molecule has 3 nitrogen and oxygen atoms in total. The molecule has 0 heterocycles. The van der Waals surface area contributed by atoms with Crippen LogP contribution in [-0.4, -0.2) is 11.1 Å². The third-order valence-corrected chi connectivity index (χ3v) is 3.58. The van der Waals surface area contributed by atoms with Crippen LogP contribution in [0.5, 0.6) is 0 Å². The van der Waals surface area contributed by atoms with Crippen LogP contribution in [0.15, 0.2) is 42.5 Å². The van der Waals surface area contributed by atoms with Crippen molar-refractivity contribution in [3.05, 3.63) is 64.2 Å². The molecule has 0 aliphatic rings. The zero-order valence-corrected chi connectivity index (χ0v) is 12.1. The molecule has 0 aromatic heterocycles. The van der Waals surface area contributed by atoms with Crippen LogP contribution in [0.4, 0.5) is 5.69 Å². The van der Waals surface area contributed by atoms with Crippen molar-refractivity contribution < 1.29 is 9.90 Å². The minimum absolute atomic E-state index is 0.0806. The SMILES string of the molecule is Cc1cccc(C(=O)O)c1NC(C)c1ccccc1Cl. The number of carbonyl (C=O) groups is 1. The molecule has 0 saturated heterocycles. The van der Waals surface area contributed by atoms with E-state index < -0.39 is 5.97 Å². The molecule has 104 valence electrons. The zero-order valence-electron chi connectivity index (χ0n) is 11.4. The van der Waals surface area contributed by atoms with Gasteiger partial charge in [-0.3, -0.25) is 0 Å². The number of rotatable bonds is 4. The Hall–Kier alpha value is -2.00. The van der Waals surface area contributed by atoms with Gasteiger partial charge in [-0.05, 0) is 37.1 Å². The summed E-state index contributed by atoms with van der Waals surface area (Å²) in [4.78, 5) is 11.3. The number of aryl methyl sites for hydroxylation is 1. The highest BCUT2D eigenvalue weighted by molar-refractivity contribution is 6.31. The second-order valence-electron chi connectivity index (χ2n) is 4.69. The van der Waals surface area contributed by atoms with Gasteiger partial charge < -0.3 is 10.4 Å². The van der Waals surface area contributed by atoms with E-state index in [1.54, 1.807) is 12.1 Å². The Bertz CT molecular complexity index is 640. The van der Waals surface area contributed by atoms with Crippen LogP contribution in [0, 0.1) is 6.92 Å². The third-order valence-electron chi connectivity index (χ3n) is 3.24. The van der Waals surface area contributed by atoms with Gasteiger partial charge in [0.25, 0.3) is 0 Å². The molecule has 2 aromatic rings. The number of carboxylic acid groups (broad SMARTS) is 1. The van der Waals surface area contributed by atoms with Crippen molar-refractivity contribution >= 4 is 23.3 Å². The van der Waals surface area contributed by atoms with E-state index in [-0.39, 0.29) is 11.6 Å². The Balaban J connectivity index is 2.35. The molecule has 0 saturated carbocycles. The molecule has 0 aliphatic heterocycles. The van der Waals surface area contributed by atoms with Crippen molar-refractivity contribution in [1.29, 1.82) is 0 Å². The lowest BCUT2D eigenvalue weighted by Crippen LogP contribution is -2.12. The quantitative estimate of drug-likeness (QED) is 0.870. The molecule has 0 aliphatic carbocycles. The van der Waals surface area contributed by atoms with Crippen molar-refractivity contribution in [2.24, 2.45) is 0 Å². The molecule has 0 spiro atoms. The number of carboxylic acids is 1. The summed E-state index contributed by atoms with van der Waals surface area (Å²) in [5.74, 6) is -0.942. The molecule has 2 rings (SSSR count). The summed E-state index contributed by atoms with van der Waals surface area (Å²) >= 11 is 6.17. The fraction of sp³-hybridized carbons (Fsp3) is 0.188. The number of hydrogen-bond donors (Lipinski definition) is 2. The first-order valence-corrected chi connectivity index (χ1v) is 6.72. The van der Waals surface area contributed by atoms with E-state index in [1.165, 1.54) is 0 Å². The molecular formula is C16H16ClNO2. The average molecular weight is 290 g/mol. The number of aromatic carboxylic acids is 1. The Morgan fingerprint density at radius 2 is 1.90 bits per heavy atom.